The minimum atomic E-state index is -4.63. The van der Waals surface area contributed by atoms with Gasteiger partial charge in [0, 0.05) is 11.3 Å². The van der Waals surface area contributed by atoms with Crippen molar-refractivity contribution < 1.29 is 18.1 Å². The number of hydrogen-bond acceptors (Lipinski definition) is 5. The van der Waals surface area contributed by atoms with Crippen LogP contribution < -0.4 is 5.32 Å². The van der Waals surface area contributed by atoms with Crippen molar-refractivity contribution in [2.24, 2.45) is 0 Å². The summed E-state index contributed by atoms with van der Waals surface area (Å²) < 4.78 is 37.9. The second kappa shape index (κ2) is 5.70. The molecule has 0 unspecified atom stereocenters. The Morgan fingerprint density at radius 2 is 2.19 bits per heavy atom. The van der Waals surface area contributed by atoms with Crippen LogP contribution in [0.5, 0.6) is 0 Å². The average Bonchev–Trinajstić information content (AvgIpc) is 2.36. The number of rotatable bonds is 5. The van der Waals surface area contributed by atoms with Crippen LogP contribution in [0, 0.1) is 10.1 Å². The van der Waals surface area contributed by atoms with Gasteiger partial charge >= 0.3 is 11.9 Å². The van der Waals surface area contributed by atoms with E-state index >= 15 is 0 Å². The molecule has 0 spiro atoms. The Morgan fingerprint density at radius 3 is 2.62 bits per heavy atom. The van der Waals surface area contributed by atoms with E-state index < -0.39 is 22.5 Å². The third kappa shape index (κ3) is 3.39. The van der Waals surface area contributed by atoms with Crippen molar-refractivity contribution >= 4 is 23.1 Å². The molecule has 0 saturated heterocycles. The maximum Gasteiger partial charge on any atom is 0.433 e. The molecule has 9 heteroatoms. The van der Waals surface area contributed by atoms with E-state index in [4.69, 9.17) is 0 Å². The molecular formula is C12H14F3N3O2S. The molecule has 1 aliphatic rings. The van der Waals surface area contributed by atoms with Crippen LogP contribution in [0.15, 0.2) is 12.3 Å². The molecule has 0 aromatic carbocycles. The zero-order valence-electron chi connectivity index (χ0n) is 11.2. The standard InChI is InChI=1S/C12H14F3N3O2S/c1-21-11(3-2-4-11)7-17-8-5-10(12(13,14)15)16-6-9(8)18(19)20/h5-6H,2-4,7H2,1H3,(H,16,17). The molecule has 5 nitrogen and oxygen atoms in total. The fraction of sp³-hybridized carbons (Fsp3) is 0.583. The SMILES string of the molecule is CSC1(CNc2cc(C(F)(F)F)ncc2[N+](=O)[O-])CCC1. The van der Waals surface area contributed by atoms with E-state index in [-0.39, 0.29) is 10.4 Å². The number of anilines is 1. The van der Waals surface area contributed by atoms with E-state index in [1.807, 2.05) is 6.26 Å². The normalized spacial score (nSPS) is 17.1. The summed E-state index contributed by atoms with van der Waals surface area (Å²) in [6.45, 7) is 0.399. The van der Waals surface area contributed by atoms with Crippen LogP contribution in [0.4, 0.5) is 24.5 Å². The molecule has 1 aromatic rings. The van der Waals surface area contributed by atoms with Crippen LogP contribution >= 0.6 is 11.8 Å². The van der Waals surface area contributed by atoms with Gasteiger partial charge in [-0.25, -0.2) is 4.98 Å². The zero-order valence-corrected chi connectivity index (χ0v) is 12.1. The van der Waals surface area contributed by atoms with Crippen LogP contribution in [0.2, 0.25) is 0 Å². The second-order valence-corrected chi connectivity index (χ2v) is 6.21. The zero-order chi connectivity index (χ0) is 15.7. The van der Waals surface area contributed by atoms with Gasteiger partial charge in [-0.2, -0.15) is 24.9 Å². The molecule has 0 atom stereocenters. The van der Waals surface area contributed by atoms with Gasteiger partial charge in [0.1, 0.15) is 17.6 Å². The quantitative estimate of drug-likeness (QED) is 0.661. The van der Waals surface area contributed by atoms with Gasteiger partial charge in [-0.1, -0.05) is 6.42 Å². The first-order chi connectivity index (χ1) is 9.77. The number of halogens is 3. The number of hydrogen-bond donors (Lipinski definition) is 1. The highest BCUT2D eigenvalue weighted by molar-refractivity contribution is 8.00. The van der Waals surface area contributed by atoms with Crippen LogP contribution in [-0.2, 0) is 6.18 Å². The summed E-state index contributed by atoms with van der Waals surface area (Å²) in [5.41, 5.74) is -1.72. The van der Waals surface area contributed by atoms with E-state index in [2.05, 4.69) is 10.3 Å². The second-order valence-electron chi connectivity index (χ2n) is 4.94. The summed E-state index contributed by atoms with van der Waals surface area (Å²) in [4.78, 5) is 13.3. The average molecular weight is 321 g/mol. The molecule has 2 rings (SSSR count). The molecular weight excluding hydrogens is 307 g/mol. The van der Waals surface area contributed by atoms with Gasteiger partial charge in [0.2, 0.25) is 0 Å². The number of nitrogens with one attached hydrogen (secondary N) is 1. The number of nitrogens with zero attached hydrogens (tertiary/aromatic N) is 2. The van der Waals surface area contributed by atoms with Crippen LogP contribution in [0.25, 0.3) is 0 Å². The number of alkyl halides is 3. The van der Waals surface area contributed by atoms with Gasteiger partial charge in [0.05, 0.1) is 4.92 Å². The molecule has 0 amide bonds. The third-order valence-electron chi connectivity index (χ3n) is 3.67. The summed E-state index contributed by atoms with van der Waals surface area (Å²) in [7, 11) is 0. The van der Waals surface area contributed by atoms with E-state index in [0.717, 1.165) is 19.3 Å². The highest BCUT2D eigenvalue weighted by Gasteiger charge is 2.37. The van der Waals surface area contributed by atoms with Gasteiger partial charge in [0.15, 0.2) is 0 Å². The Morgan fingerprint density at radius 1 is 1.52 bits per heavy atom. The van der Waals surface area contributed by atoms with E-state index in [1.54, 1.807) is 11.8 Å². The molecule has 116 valence electrons. The first kappa shape index (κ1) is 15.9. The summed E-state index contributed by atoms with van der Waals surface area (Å²) >= 11 is 1.63. The van der Waals surface area contributed by atoms with Gasteiger partial charge < -0.3 is 5.32 Å². The molecule has 1 heterocycles. The maximum absolute atomic E-state index is 12.7. The largest absolute Gasteiger partial charge is 0.433 e. The summed E-state index contributed by atoms with van der Waals surface area (Å²) in [6.07, 6.45) is 0.924. The molecule has 1 saturated carbocycles. The molecule has 1 aromatic heterocycles. The molecule has 0 radical (unpaired) electrons. The monoisotopic (exact) mass is 321 g/mol. The van der Waals surface area contributed by atoms with Crippen molar-refractivity contribution in [2.75, 3.05) is 18.1 Å². The van der Waals surface area contributed by atoms with Crippen LogP contribution in [0.3, 0.4) is 0 Å². The Hall–Kier alpha value is -1.51. The van der Waals surface area contributed by atoms with Gasteiger partial charge in [0.25, 0.3) is 0 Å². The highest BCUT2D eigenvalue weighted by Crippen LogP contribution is 2.43. The molecule has 0 aliphatic heterocycles. The Bertz CT molecular complexity index is 542. The first-order valence-electron chi connectivity index (χ1n) is 6.28. The third-order valence-corrected chi connectivity index (χ3v) is 5.09. The summed E-state index contributed by atoms with van der Waals surface area (Å²) in [6, 6.07) is 0.699. The maximum atomic E-state index is 12.7. The smallest absolute Gasteiger partial charge is 0.378 e. The first-order valence-corrected chi connectivity index (χ1v) is 7.50. The fourth-order valence-corrected chi connectivity index (χ4v) is 3.08. The number of aromatic nitrogens is 1. The van der Waals surface area contributed by atoms with Crippen molar-refractivity contribution in [3.63, 3.8) is 0 Å². The lowest BCUT2D eigenvalue weighted by Gasteiger charge is -2.40. The Labute approximate surface area is 123 Å². The lowest BCUT2D eigenvalue weighted by atomic mass is 9.84. The fourth-order valence-electron chi connectivity index (χ4n) is 2.17. The Kier molecular flexibility index (Phi) is 4.31. The molecule has 1 N–H and O–H groups in total. The van der Waals surface area contributed by atoms with Gasteiger partial charge in [-0.3, -0.25) is 10.1 Å². The Balaban J connectivity index is 2.24. The number of nitro groups is 1. The minimum Gasteiger partial charge on any atom is -0.378 e. The lowest BCUT2D eigenvalue weighted by molar-refractivity contribution is -0.384. The topological polar surface area (TPSA) is 68.1 Å². The van der Waals surface area contributed by atoms with Crippen molar-refractivity contribution in [3.05, 3.63) is 28.1 Å². The van der Waals surface area contributed by atoms with Gasteiger partial charge in [-0.05, 0) is 25.2 Å². The highest BCUT2D eigenvalue weighted by atomic mass is 32.2. The predicted molar refractivity (Wildman–Crippen MR) is 74.5 cm³/mol. The van der Waals surface area contributed by atoms with Gasteiger partial charge in [-0.15, -0.1) is 0 Å². The minimum absolute atomic E-state index is 0.0461. The molecule has 1 fully saturated rings. The van der Waals surface area contributed by atoms with Crippen LogP contribution in [0.1, 0.15) is 25.0 Å². The lowest BCUT2D eigenvalue weighted by Crippen LogP contribution is -2.40. The van der Waals surface area contributed by atoms with Crippen molar-refractivity contribution in [2.45, 2.75) is 30.2 Å². The van der Waals surface area contributed by atoms with E-state index in [0.29, 0.717) is 18.8 Å². The number of thioether (sulfide) groups is 1. The molecule has 21 heavy (non-hydrogen) atoms. The van der Waals surface area contributed by atoms with E-state index in [9.17, 15) is 23.3 Å². The van der Waals surface area contributed by atoms with Crippen LogP contribution in [-0.4, -0.2) is 27.5 Å². The van der Waals surface area contributed by atoms with E-state index in [1.165, 1.54) is 0 Å². The molecule has 1 aliphatic carbocycles. The molecule has 0 bridgehead atoms. The van der Waals surface area contributed by atoms with Crippen molar-refractivity contribution in [3.8, 4) is 0 Å². The summed E-state index contributed by atoms with van der Waals surface area (Å²) in [5, 5.41) is 13.7. The summed E-state index contributed by atoms with van der Waals surface area (Å²) in [5.74, 6) is 0. The van der Waals surface area contributed by atoms with Crippen molar-refractivity contribution in [1.82, 2.24) is 4.98 Å². The number of pyridine rings is 1. The predicted octanol–water partition coefficient (Wildman–Crippen LogP) is 3.71. The van der Waals surface area contributed by atoms with Crippen molar-refractivity contribution in [1.29, 1.82) is 0 Å².